The second kappa shape index (κ2) is 4.67. The minimum atomic E-state index is 0.904. The maximum absolute atomic E-state index is 6.16. The fourth-order valence-corrected chi connectivity index (χ4v) is 3.96. The summed E-state index contributed by atoms with van der Waals surface area (Å²) in [7, 11) is 0. The van der Waals surface area contributed by atoms with Crippen molar-refractivity contribution < 1.29 is 0 Å². The van der Waals surface area contributed by atoms with E-state index in [9.17, 15) is 0 Å². The van der Waals surface area contributed by atoms with E-state index in [0.717, 1.165) is 17.5 Å². The molecule has 3 rings (SSSR count). The molecule has 92 valence electrons. The van der Waals surface area contributed by atoms with Gasteiger partial charge in [0.25, 0.3) is 0 Å². The summed E-state index contributed by atoms with van der Waals surface area (Å²) in [5.41, 5.74) is 8.35. The van der Waals surface area contributed by atoms with Gasteiger partial charge in [0.15, 0.2) is 0 Å². The maximum atomic E-state index is 6.16. The first-order chi connectivity index (χ1) is 8.22. The Morgan fingerprint density at radius 1 is 1.18 bits per heavy atom. The second-order valence-electron chi connectivity index (χ2n) is 5.51. The van der Waals surface area contributed by atoms with E-state index in [0.29, 0.717) is 0 Å². The summed E-state index contributed by atoms with van der Waals surface area (Å²) in [5.74, 6) is 1.81. The Hall–Kier alpha value is -0.450. The third kappa shape index (κ3) is 2.39. The van der Waals surface area contributed by atoms with Gasteiger partial charge in [-0.3, -0.25) is 0 Å². The molecule has 2 unspecified atom stereocenters. The third-order valence-corrected chi connectivity index (χ3v) is 4.85. The van der Waals surface area contributed by atoms with Crippen LogP contribution in [0.25, 0.3) is 0 Å². The van der Waals surface area contributed by atoms with Crippen LogP contribution in [0, 0.1) is 15.4 Å². The zero-order valence-electron chi connectivity index (χ0n) is 10.0. The predicted octanol–water partition coefficient (Wildman–Crippen LogP) is 3.50. The number of nitrogens with two attached hydrogens (primary N) is 1. The maximum Gasteiger partial charge on any atom is 0.0600 e. The molecule has 2 nitrogen and oxygen atoms in total. The Bertz CT molecular complexity index is 407. The predicted molar refractivity (Wildman–Crippen MR) is 81.2 cm³/mol. The van der Waals surface area contributed by atoms with Crippen LogP contribution in [0.1, 0.15) is 25.7 Å². The van der Waals surface area contributed by atoms with Crippen molar-refractivity contribution in [1.82, 2.24) is 0 Å². The van der Waals surface area contributed by atoms with Gasteiger partial charge in [-0.1, -0.05) is 6.42 Å². The monoisotopic (exact) mass is 342 g/mol. The summed E-state index contributed by atoms with van der Waals surface area (Å²) in [4.78, 5) is 2.52. The van der Waals surface area contributed by atoms with Crippen molar-refractivity contribution in [3.05, 3.63) is 21.8 Å². The van der Waals surface area contributed by atoms with Crippen LogP contribution >= 0.6 is 22.6 Å². The molecule has 2 bridgehead atoms. The van der Waals surface area contributed by atoms with Gasteiger partial charge in [-0.2, -0.15) is 0 Å². The van der Waals surface area contributed by atoms with Crippen molar-refractivity contribution in [1.29, 1.82) is 0 Å². The summed E-state index contributed by atoms with van der Waals surface area (Å²) in [6, 6.07) is 6.44. The lowest BCUT2D eigenvalue weighted by molar-refractivity contribution is 0.231. The van der Waals surface area contributed by atoms with E-state index in [2.05, 4.69) is 45.7 Å². The van der Waals surface area contributed by atoms with Crippen molar-refractivity contribution in [2.45, 2.75) is 25.7 Å². The molecule has 0 radical (unpaired) electrons. The van der Waals surface area contributed by atoms with Crippen molar-refractivity contribution >= 4 is 34.0 Å². The Kier molecular flexibility index (Phi) is 3.19. The summed E-state index contributed by atoms with van der Waals surface area (Å²) in [6.07, 6.45) is 5.71. The molecule has 17 heavy (non-hydrogen) atoms. The molecule has 1 saturated heterocycles. The minimum absolute atomic E-state index is 0.904. The number of halogens is 1. The smallest absolute Gasteiger partial charge is 0.0600 e. The highest BCUT2D eigenvalue weighted by atomic mass is 127. The van der Waals surface area contributed by atoms with Crippen molar-refractivity contribution in [3.8, 4) is 0 Å². The number of piperidine rings is 1. The molecule has 0 aromatic heterocycles. The van der Waals surface area contributed by atoms with E-state index in [1.54, 1.807) is 0 Å². The highest BCUT2D eigenvalue weighted by molar-refractivity contribution is 14.1. The van der Waals surface area contributed by atoms with E-state index in [1.807, 2.05) is 0 Å². The van der Waals surface area contributed by atoms with Gasteiger partial charge in [0.1, 0.15) is 0 Å². The van der Waals surface area contributed by atoms with Crippen molar-refractivity contribution in [2.75, 3.05) is 23.7 Å². The highest BCUT2D eigenvalue weighted by Gasteiger charge is 2.30. The molecule has 0 amide bonds. The number of nitrogen functional groups attached to an aromatic ring is 1. The molecule has 2 aliphatic rings. The number of benzene rings is 1. The van der Waals surface area contributed by atoms with Gasteiger partial charge in [0, 0.05) is 16.7 Å². The Balaban J connectivity index is 1.84. The largest absolute Gasteiger partial charge is 0.397 e. The van der Waals surface area contributed by atoms with E-state index in [1.165, 1.54) is 48.0 Å². The molecule has 2 fully saturated rings. The molecule has 1 aliphatic carbocycles. The molecule has 1 aliphatic heterocycles. The Morgan fingerprint density at radius 2 is 1.88 bits per heavy atom. The van der Waals surface area contributed by atoms with Crippen LogP contribution in [0.15, 0.2) is 18.2 Å². The van der Waals surface area contributed by atoms with Crippen molar-refractivity contribution in [2.24, 2.45) is 11.8 Å². The summed E-state index contributed by atoms with van der Waals surface area (Å²) in [5, 5.41) is 0. The normalized spacial score (nSPS) is 28.2. The second-order valence-corrected chi connectivity index (χ2v) is 6.75. The number of hydrogen-bond donors (Lipinski definition) is 1. The summed E-state index contributed by atoms with van der Waals surface area (Å²) >= 11 is 2.32. The van der Waals surface area contributed by atoms with Crippen LogP contribution in [-0.2, 0) is 0 Å². The van der Waals surface area contributed by atoms with Gasteiger partial charge in [0.05, 0.1) is 11.4 Å². The van der Waals surface area contributed by atoms with Gasteiger partial charge in [-0.05, 0) is 71.9 Å². The quantitative estimate of drug-likeness (QED) is 0.625. The lowest BCUT2D eigenvalue weighted by atomic mass is 9.78. The Morgan fingerprint density at radius 3 is 2.53 bits per heavy atom. The van der Waals surface area contributed by atoms with Crippen LogP contribution < -0.4 is 10.6 Å². The molecule has 0 spiro atoms. The molecular weight excluding hydrogens is 323 g/mol. The number of hydrogen-bond acceptors (Lipinski definition) is 2. The molecule has 1 saturated carbocycles. The molecular formula is C14H19IN2. The molecule has 1 aromatic carbocycles. The van der Waals surface area contributed by atoms with E-state index in [4.69, 9.17) is 5.73 Å². The number of anilines is 2. The molecule has 2 N–H and O–H groups in total. The zero-order valence-corrected chi connectivity index (χ0v) is 12.2. The van der Waals surface area contributed by atoms with Crippen LogP contribution in [-0.4, -0.2) is 13.1 Å². The summed E-state index contributed by atoms with van der Waals surface area (Å²) < 4.78 is 1.22. The fourth-order valence-electron chi connectivity index (χ4n) is 3.44. The average molecular weight is 342 g/mol. The standard InChI is InChI=1S/C14H19IN2/c15-12-4-5-14(13(16)7-12)17-8-10-2-1-3-11(6-10)9-17/h4-5,7,10-11H,1-3,6,8-9,16H2. The third-order valence-electron chi connectivity index (χ3n) is 4.18. The molecule has 1 aromatic rings. The zero-order chi connectivity index (χ0) is 11.8. The number of nitrogens with zero attached hydrogens (tertiary/aromatic N) is 1. The van der Waals surface area contributed by atoms with E-state index >= 15 is 0 Å². The average Bonchev–Trinajstić information content (AvgIpc) is 2.28. The first kappa shape index (κ1) is 11.6. The molecule has 1 heterocycles. The van der Waals surface area contributed by atoms with Crippen LogP contribution in [0.5, 0.6) is 0 Å². The van der Waals surface area contributed by atoms with Crippen LogP contribution in [0.2, 0.25) is 0 Å². The lowest BCUT2D eigenvalue weighted by Crippen LogP contribution is -2.42. The summed E-state index contributed by atoms with van der Waals surface area (Å²) in [6.45, 7) is 2.42. The first-order valence-electron chi connectivity index (χ1n) is 6.52. The van der Waals surface area contributed by atoms with Gasteiger partial charge < -0.3 is 10.6 Å². The minimum Gasteiger partial charge on any atom is -0.397 e. The Labute approximate surface area is 117 Å². The number of fused-ring (bicyclic) bond motifs is 2. The number of rotatable bonds is 1. The van der Waals surface area contributed by atoms with Gasteiger partial charge >= 0.3 is 0 Å². The van der Waals surface area contributed by atoms with E-state index < -0.39 is 0 Å². The molecule has 3 heteroatoms. The van der Waals surface area contributed by atoms with Gasteiger partial charge in [0.2, 0.25) is 0 Å². The molecule has 2 atom stereocenters. The first-order valence-corrected chi connectivity index (χ1v) is 7.60. The van der Waals surface area contributed by atoms with Gasteiger partial charge in [-0.25, -0.2) is 0 Å². The van der Waals surface area contributed by atoms with Gasteiger partial charge in [-0.15, -0.1) is 0 Å². The van der Waals surface area contributed by atoms with Crippen LogP contribution in [0.3, 0.4) is 0 Å². The lowest BCUT2D eigenvalue weighted by Gasteiger charge is -2.42. The highest BCUT2D eigenvalue weighted by Crippen LogP contribution is 2.37. The van der Waals surface area contributed by atoms with E-state index in [-0.39, 0.29) is 0 Å². The SMILES string of the molecule is Nc1cc(I)ccc1N1CC2CCCC(C2)C1. The van der Waals surface area contributed by atoms with Crippen LogP contribution in [0.4, 0.5) is 11.4 Å². The fraction of sp³-hybridized carbons (Fsp3) is 0.571. The van der Waals surface area contributed by atoms with Crippen molar-refractivity contribution in [3.63, 3.8) is 0 Å². The topological polar surface area (TPSA) is 29.3 Å².